The number of hydrogen-bond donors (Lipinski definition) is 1. The van der Waals surface area contributed by atoms with Gasteiger partial charge in [-0.15, -0.1) is 0 Å². The van der Waals surface area contributed by atoms with Gasteiger partial charge in [0.05, 0.1) is 21.3 Å². The number of nitro groups is 1. The van der Waals surface area contributed by atoms with Crippen LogP contribution in [-0.4, -0.2) is 15.8 Å². The number of aromatic nitrogens is 1. The van der Waals surface area contributed by atoms with Gasteiger partial charge in [-0.05, 0) is 34.1 Å². The summed E-state index contributed by atoms with van der Waals surface area (Å²) in [6.45, 7) is 0. The molecule has 0 atom stereocenters. The minimum absolute atomic E-state index is 0.0517. The molecule has 0 radical (unpaired) electrons. The van der Waals surface area contributed by atoms with Crippen molar-refractivity contribution in [3.05, 3.63) is 61.6 Å². The minimum Gasteiger partial charge on any atom is -0.321 e. The predicted molar refractivity (Wildman–Crippen MR) is 78.0 cm³/mol. The molecule has 0 bridgehead atoms. The quantitative estimate of drug-likeness (QED) is 0.503. The van der Waals surface area contributed by atoms with Gasteiger partial charge in [0.15, 0.2) is 0 Å². The zero-order valence-corrected chi connectivity index (χ0v) is 12.5. The molecule has 0 aliphatic heterocycles. The number of nitrogens with one attached hydrogen (secondary N) is 1. The number of halogens is 3. The van der Waals surface area contributed by atoms with Crippen molar-refractivity contribution in [1.29, 1.82) is 0 Å². The zero-order chi connectivity index (χ0) is 15.6. The molecule has 6 nitrogen and oxygen atoms in total. The van der Waals surface area contributed by atoms with Crippen molar-refractivity contribution < 1.29 is 14.1 Å². The molecular weight excluding hydrogens is 369 g/mol. The number of anilines is 1. The van der Waals surface area contributed by atoms with Crippen LogP contribution in [0.15, 0.2) is 34.9 Å². The number of pyridine rings is 1. The second-order valence-electron chi connectivity index (χ2n) is 3.87. The van der Waals surface area contributed by atoms with Crippen molar-refractivity contribution >= 4 is 44.8 Å². The third-order valence-electron chi connectivity index (χ3n) is 2.46. The Morgan fingerprint density at radius 3 is 2.71 bits per heavy atom. The summed E-state index contributed by atoms with van der Waals surface area (Å²) in [7, 11) is 0. The van der Waals surface area contributed by atoms with Crippen LogP contribution in [0, 0.1) is 15.9 Å². The highest BCUT2D eigenvalue weighted by Crippen LogP contribution is 2.24. The second kappa shape index (κ2) is 6.15. The van der Waals surface area contributed by atoms with Crippen LogP contribution in [0.1, 0.15) is 10.4 Å². The van der Waals surface area contributed by atoms with Crippen molar-refractivity contribution in [3.63, 3.8) is 0 Å². The molecule has 1 N–H and O–H groups in total. The van der Waals surface area contributed by atoms with E-state index >= 15 is 0 Å². The van der Waals surface area contributed by atoms with Gasteiger partial charge in [0.1, 0.15) is 5.15 Å². The first-order valence-corrected chi connectivity index (χ1v) is 6.62. The van der Waals surface area contributed by atoms with Gasteiger partial charge in [-0.25, -0.2) is 4.98 Å². The Hall–Kier alpha value is -2.06. The molecule has 1 aromatic heterocycles. The number of amides is 1. The van der Waals surface area contributed by atoms with Crippen LogP contribution in [0.2, 0.25) is 5.15 Å². The van der Waals surface area contributed by atoms with Crippen molar-refractivity contribution in [1.82, 2.24) is 4.98 Å². The van der Waals surface area contributed by atoms with E-state index < -0.39 is 22.3 Å². The average Bonchev–Trinajstić information content (AvgIpc) is 2.42. The topological polar surface area (TPSA) is 85.1 Å². The number of hydrogen-bond acceptors (Lipinski definition) is 4. The standard InChI is InChI=1S/C12H6BrClFN3O3/c13-8-4-7(5-16-11(8)14)17-12(19)6-1-2-10(18(20)21)9(15)3-6/h1-5H,(H,17,19). The van der Waals surface area contributed by atoms with Gasteiger partial charge in [-0.1, -0.05) is 11.6 Å². The molecule has 2 aromatic rings. The summed E-state index contributed by atoms with van der Waals surface area (Å²) in [5, 5.41) is 13.2. The molecular formula is C12H6BrClFN3O3. The van der Waals surface area contributed by atoms with Crippen LogP contribution in [0.5, 0.6) is 0 Å². The van der Waals surface area contributed by atoms with Crippen LogP contribution >= 0.6 is 27.5 Å². The summed E-state index contributed by atoms with van der Waals surface area (Å²) in [6.07, 6.45) is 1.33. The highest BCUT2D eigenvalue weighted by Gasteiger charge is 2.17. The fourth-order valence-electron chi connectivity index (χ4n) is 1.49. The fourth-order valence-corrected chi connectivity index (χ4v) is 1.94. The molecule has 0 aliphatic carbocycles. The Morgan fingerprint density at radius 2 is 2.14 bits per heavy atom. The second-order valence-corrected chi connectivity index (χ2v) is 5.09. The number of carbonyl (C=O) groups excluding carboxylic acids is 1. The minimum atomic E-state index is -1.08. The molecule has 2 rings (SSSR count). The van der Waals surface area contributed by atoms with E-state index in [2.05, 4.69) is 26.2 Å². The molecule has 0 spiro atoms. The normalized spacial score (nSPS) is 10.2. The van der Waals surface area contributed by atoms with Crippen LogP contribution < -0.4 is 5.32 Å². The van der Waals surface area contributed by atoms with E-state index in [0.29, 0.717) is 10.2 Å². The van der Waals surface area contributed by atoms with Crippen molar-refractivity contribution in [2.45, 2.75) is 0 Å². The van der Waals surface area contributed by atoms with Crippen molar-refractivity contribution in [2.75, 3.05) is 5.32 Å². The summed E-state index contributed by atoms with van der Waals surface area (Å²) >= 11 is 8.87. The van der Waals surface area contributed by atoms with Crippen molar-refractivity contribution in [2.24, 2.45) is 0 Å². The smallest absolute Gasteiger partial charge is 0.304 e. The molecule has 1 amide bonds. The van der Waals surface area contributed by atoms with Gasteiger partial charge in [0, 0.05) is 11.6 Å². The Kier molecular flexibility index (Phi) is 4.49. The molecule has 108 valence electrons. The highest BCUT2D eigenvalue weighted by atomic mass is 79.9. The average molecular weight is 375 g/mol. The number of nitro benzene ring substituents is 1. The number of carbonyl (C=O) groups is 1. The van der Waals surface area contributed by atoms with E-state index in [-0.39, 0.29) is 10.7 Å². The first kappa shape index (κ1) is 15.3. The molecule has 1 heterocycles. The number of nitrogens with zero attached hydrogens (tertiary/aromatic N) is 2. The molecule has 0 saturated heterocycles. The van der Waals surface area contributed by atoms with Crippen LogP contribution in [0.4, 0.5) is 15.8 Å². The lowest BCUT2D eigenvalue weighted by molar-refractivity contribution is -0.387. The lowest BCUT2D eigenvalue weighted by atomic mass is 10.2. The van der Waals surface area contributed by atoms with E-state index in [1.165, 1.54) is 12.3 Å². The summed E-state index contributed by atoms with van der Waals surface area (Å²) in [5.41, 5.74) is -0.401. The molecule has 0 saturated carbocycles. The monoisotopic (exact) mass is 373 g/mol. The molecule has 21 heavy (non-hydrogen) atoms. The molecule has 0 aliphatic rings. The Bertz CT molecular complexity index is 742. The largest absolute Gasteiger partial charge is 0.321 e. The SMILES string of the molecule is O=C(Nc1cnc(Cl)c(Br)c1)c1ccc([N+](=O)[O-])c(F)c1. The lowest BCUT2D eigenvalue weighted by Crippen LogP contribution is -2.12. The van der Waals surface area contributed by atoms with E-state index in [1.54, 1.807) is 0 Å². The van der Waals surface area contributed by atoms with Crippen LogP contribution in [0.3, 0.4) is 0 Å². The van der Waals surface area contributed by atoms with Gasteiger partial charge in [0.2, 0.25) is 5.82 Å². The maximum atomic E-state index is 13.5. The van der Waals surface area contributed by atoms with Crippen molar-refractivity contribution in [3.8, 4) is 0 Å². The predicted octanol–water partition coefficient (Wildman–Crippen LogP) is 3.80. The molecule has 9 heteroatoms. The van der Waals surface area contributed by atoms with E-state index in [9.17, 15) is 19.3 Å². The first-order chi connectivity index (χ1) is 9.88. The van der Waals surface area contributed by atoms with Gasteiger partial charge in [-0.3, -0.25) is 14.9 Å². The van der Waals surface area contributed by atoms with Gasteiger partial charge in [-0.2, -0.15) is 4.39 Å². The third-order valence-corrected chi connectivity index (χ3v) is 3.59. The molecule has 1 aromatic carbocycles. The third kappa shape index (κ3) is 3.53. The van der Waals surface area contributed by atoms with Crippen LogP contribution in [-0.2, 0) is 0 Å². The zero-order valence-electron chi connectivity index (χ0n) is 10.1. The van der Waals surface area contributed by atoms with E-state index in [1.807, 2.05) is 0 Å². The van der Waals surface area contributed by atoms with Gasteiger partial charge < -0.3 is 5.32 Å². The highest BCUT2D eigenvalue weighted by molar-refractivity contribution is 9.10. The summed E-state index contributed by atoms with van der Waals surface area (Å²) in [4.78, 5) is 25.4. The molecule has 0 fully saturated rings. The first-order valence-electron chi connectivity index (χ1n) is 5.45. The number of rotatable bonds is 3. The van der Waals surface area contributed by atoms with Crippen LogP contribution in [0.25, 0.3) is 0 Å². The fraction of sp³-hybridized carbons (Fsp3) is 0. The maximum absolute atomic E-state index is 13.5. The number of benzene rings is 1. The summed E-state index contributed by atoms with van der Waals surface area (Å²) in [5.74, 6) is -1.71. The Labute approximate surface area is 131 Å². The Balaban J connectivity index is 2.22. The van der Waals surface area contributed by atoms with Gasteiger partial charge in [0.25, 0.3) is 5.91 Å². The van der Waals surface area contributed by atoms with Gasteiger partial charge >= 0.3 is 5.69 Å². The summed E-state index contributed by atoms with van der Waals surface area (Å²) in [6, 6.07) is 4.41. The lowest BCUT2D eigenvalue weighted by Gasteiger charge is -2.06. The molecule has 0 unspecified atom stereocenters. The summed E-state index contributed by atoms with van der Waals surface area (Å²) < 4.78 is 13.9. The maximum Gasteiger partial charge on any atom is 0.304 e. The van der Waals surface area contributed by atoms with E-state index in [4.69, 9.17) is 11.6 Å². The Morgan fingerprint density at radius 1 is 1.43 bits per heavy atom. The van der Waals surface area contributed by atoms with E-state index in [0.717, 1.165) is 18.2 Å².